The van der Waals surface area contributed by atoms with E-state index in [1.165, 1.54) is 17.0 Å². The molecule has 1 amide bonds. The Kier molecular flexibility index (Phi) is 8.63. The van der Waals surface area contributed by atoms with Crippen molar-refractivity contribution >= 4 is 12.1 Å². The molecule has 0 aromatic heterocycles. The summed E-state index contributed by atoms with van der Waals surface area (Å²) < 4.78 is 49.9. The van der Waals surface area contributed by atoms with Crippen molar-refractivity contribution < 1.29 is 32.2 Å². The summed E-state index contributed by atoms with van der Waals surface area (Å²) in [6.45, 7) is 7.21. The number of halogens is 3. The molecule has 0 fully saturated rings. The van der Waals surface area contributed by atoms with Gasteiger partial charge in [0.15, 0.2) is 0 Å². The van der Waals surface area contributed by atoms with E-state index in [4.69, 9.17) is 9.47 Å². The normalized spacial score (nSPS) is 12.5. The highest BCUT2D eigenvalue weighted by molar-refractivity contribution is 5.89. The van der Waals surface area contributed by atoms with E-state index in [0.717, 1.165) is 17.7 Å². The van der Waals surface area contributed by atoms with E-state index in [1.807, 2.05) is 30.3 Å². The molecule has 1 atom stereocenters. The van der Waals surface area contributed by atoms with E-state index < -0.39 is 35.4 Å². The van der Waals surface area contributed by atoms with Gasteiger partial charge in [0, 0.05) is 6.54 Å². The predicted octanol–water partition coefficient (Wildman–Crippen LogP) is 7.56. The summed E-state index contributed by atoms with van der Waals surface area (Å²) in [6, 6.07) is 20.1. The van der Waals surface area contributed by atoms with Gasteiger partial charge in [-0.15, -0.1) is 0 Å². The van der Waals surface area contributed by atoms with Crippen LogP contribution in [0.1, 0.15) is 66.3 Å². The van der Waals surface area contributed by atoms with Crippen LogP contribution in [0.25, 0.3) is 0 Å². The van der Waals surface area contributed by atoms with Crippen LogP contribution >= 0.6 is 0 Å². The monoisotopic (exact) mass is 513 g/mol. The van der Waals surface area contributed by atoms with Gasteiger partial charge in [0.1, 0.15) is 12.2 Å². The standard InChI is InChI=1S/C29H30F3NO4/c1-20(23-14-16-25(17-15-23)29(30,31)32)33(27(35)37-28(2,3)4)18-21-10-12-24(13-11-21)26(34)36-19-22-8-6-5-7-9-22/h5-17,20H,18-19H2,1-4H3/t20-/m0/s1. The van der Waals surface area contributed by atoms with Gasteiger partial charge in [-0.05, 0) is 68.7 Å². The second-order valence-electron chi connectivity index (χ2n) is 9.66. The first-order valence-corrected chi connectivity index (χ1v) is 11.8. The molecule has 0 heterocycles. The molecule has 0 spiro atoms. The first-order chi connectivity index (χ1) is 17.3. The van der Waals surface area contributed by atoms with Crippen molar-refractivity contribution in [3.05, 3.63) is 107 Å². The second kappa shape index (κ2) is 11.5. The van der Waals surface area contributed by atoms with E-state index in [2.05, 4.69) is 0 Å². The number of alkyl halides is 3. The van der Waals surface area contributed by atoms with Gasteiger partial charge in [-0.2, -0.15) is 13.2 Å². The summed E-state index contributed by atoms with van der Waals surface area (Å²) in [5, 5.41) is 0. The molecule has 0 aliphatic rings. The number of hydrogen-bond donors (Lipinski definition) is 0. The smallest absolute Gasteiger partial charge is 0.416 e. The fourth-order valence-corrected chi connectivity index (χ4v) is 3.56. The second-order valence-corrected chi connectivity index (χ2v) is 9.66. The molecule has 3 aromatic carbocycles. The van der Waals surface area contributed by atoms with Crippen molar-refractivity contribution in [1.82, 2.24) is 4.90 Å². The number of nitrogens with zero attached hydrogens (tertiary/aromatic N) is 1. The van der Waals surface area contributed by atoms with Crippen molar-refractivity contribution in [2.75, 3.05) is 0 Å². The SMILES string of the molecule is C[C@@H](c1ccc(C(F)(F)F)cc1)N(Cc1ccc(C(=O)OCc2ccccc2)cc1)C(=O)OC(C)(C)C. The molecule has 0 saturated carbocycles. The molecule has 5 nitrogen and oxygen atoms in total. The van der Waals surface area contributed by atoms with Crippen molar-refractivity contribution in [3.8, 4) is 0 Å². The van der Waals surface area contributed by atoms with Crippen LogP contribution in [0.5, 0.6) is 0 Å². The molecule has 0 bridgehead atoms. The zero-order chi connectivity index (χ0) is 27.2. The van der Waals surface area contributed by atoms with E-state index in [9.17, 15) is 22.8 Å². The summed E-state index contributed by atoms with van der Waals surface area (Å²) in [6.07, 6.45) is -5.05. The third-order valence-corrected chi connectivity index (χ3v) is 5.57. The largest absolute Gasteiger partial charge is 0.457 e. The van der Waals surface area contributed by atoms with Gasteiger partial charge < -0.3 is 9.47 Å². The predicted molar refractivity (Wildman–Crippen MR) is 134 cm³/mol. The molecule has 0 N–H and O–H groups in total. The van der Waals surface area contributed by atoms with E-state index in [-0.39, 0.29) is 13.2 Å². The van der Waals surface area contributed by atoms with E-state index >= 15 is 0 Å². The summed E-state index contributed by atoms with van der Waals surface area (Å²) in [4.78, 5) is 26.9. The summed E-state index contributed by atoms with van der Waals surface area (Å²) in [5.74, 6) is -0.475. The quantitative estimate of drug-likeness (QED) is 0.306. The lowest BCUT2D eigenvalue weighted by atomic mass is 10.0. The Balaban J connectivity index is 1.75. The lowest BCUT2D eigenvalue weighted by molar-refractivity contribution is -0.137. The lowest BCUT2D eigenvalue weighted by Gasteiger charge is -2.32. The Labute approximate surface area is 214 Å². The van der Waals surface area contributed by atoms with Gasteiger partial charge in [0.25, 0.3) is 0 Å². The first kappa shape index (κ1) is 27.8. The highest BCUT2D eigenvalue weighted by Crippen LogP contribution is 2.31. The number of carbonyl (C=O) groups excluding carboxylic acids is 2. The molecular weight excluding hydrogens is 483 g/mol. The molecule has 0 saturated heterocycles. The molecule has 0 aliphatic carbocycles. The van der Waals surface area contributed by atoms with Crippen LogP contribution in [0, 0.1) is 0 Å². The number of amides is 1. The molecule has 196 valence electrons. The van der Waals surface area contributed by atoms with Crippen LogP contribution in [-0.4, -0.2) is 22.6 Å². The number of esters is 1. The molecule has 0 aliphatic heterocycles. The minimum absolute atomic E-state index is 0.121. The third-order valence-electron chi connectivity index (χ3n) is 5.57. The van der Waals surface area contributed by atoms with Crippen molar-refractivity contribution in [2.45, 2.75) is 58.7 Å². The van der Waals surface area contributed by atoms with Crippen molar-refractivity contribution in [1.29, 1.82) is 0 Å². The minimum atomic E-state index is -4.45. The maximum absolute atomic E-state index is 13.0. The first-order valence-electron chi connectivity index (χ1n) is 11.8. The van der Waals surface area contributed by atoms with Gasteiger partial charge >= 0.3 is 18.2 Å². The minimum Gasteiger partial charge on any atom is -0.457 e. The van der Waals surface area contributed by atoms with Gasteiger partial charge in [-0.1, -0.05) is 54.6 Å². The number of benzene rings is 3. The van der Waals surface area contributed by atoms with Gasteiger partial charge in [-0.25, -0.2) is 9.59 Å². The molecule has 3 aromatic rings. The molecule has 37 heavy (non-hydrogen) atoms. The highest BCUT2D eigenvalue weighted by Gasteiger charge is 2.31. The zero-order valence-electron chi connectivity index (χ0n) is 21.2. The van der Waals surface area contributed by atoms with Crippen molar-refractivity contribution in [3.63, 3.8) is 0 Å². The maximum Gasteiger partial charge on any atom is 0.416 e. The molecular formula is C29H30F3NO4. The Morgan fingerprint density at radius 3 is 1.97 bits per heavy atom. The van der Waals surface area contributed by atoms with Gasteiger partial charge in [0.05, 0.1) is 17.2 Å². The highest BCUT2D eigenvalue weighted by atomic mass is 19.4. The summed E-state index contributed by atoms with van der Waals surface area (Å²) >= 11 is 0. The average Bonchev–Trinajstić information content (AvgIpc) is 2.85. The summed E-state index contributed by atoms with van der Waals surface area (Å²) in [5.41, 5.74) is 0.949. The Morgan fingerprint density at radius 1 is 0.838 bits per heavy atom. The number of rotatable bonds is 7. The van der Waals surface area contributed by atoms with Crippen LogP contribution in [0.2, 0.25) is 0 Å². The molecule has 8 heteroatoms. The van der Waals surface area contributed by atoms with Crippen LogP contribution in [0.3, 0.4) is 0 Å². The van der Waals surface area contributed by atoms with Crippen LogP contribution in [-0.2, 0) is 28.8 Å². The van der Waals surface area contributed by atoms with Gasteiger partial charge in [0.2, 0.25) is 0 Å². The topological polar surface area (TPSA) is 55.8 Å². The lowest BCUT2D eigenvalue weighted by Crippen LogP contribution is -2.38. The Hall–Kier alpha value is -3.81. The number of hydrogen-bond acceptors (Lipinski definition) is 4. The zero-order valence-corrected chi connectivity index (χ0v) is 21.2. The summed E-state index contributed by atoms with van der Waals surface area (Å²) in [7, 11) is 0. The fraction of sp³-hybridized carbons (Fsp3) is 0.310. The average molecular weight is 514 g/mol. The molecule has 0 unspecified atom stereocenters. The van der Waals surface area contributed by atoms with Crippen LogP contribution < -0.4 is 0 Å². The number of ether oxygens (including phenoxy) is 2. The molecule has 0 radical (unpaired) electrons. The van der Waals surface area contributed by atoms with E-state index in [1.54, 1.807) is 52.0 Å². The van der Waals surface area contributed by atoms with Crippen molar-refractivity contribution in [2.24, 2.45) is 0 Å². The third kappa shape index (κ3) is 8.10. The fourth-order valence-electron chi connectivity index (χ4n) is 3.56. The van der Waals surface area contributed by atoms with E-state index in [0.29, 0.717) is 16.7 Å². The Bertz CT molecular complexity index is 1190. The Morgan fingerprint density at radius 2 is 1.43 bits per heavy atom. The molecule has 3 rings (SSSR count). The van der Waals surface area contributed by atoms with Crippen LogP contribution in [0.4, 0.5) is 18.0 Å². The van der Waals surface area contributed by atoms with Crippen LogP contribution in [0.15, 0.2) is 78.9 Å². The maximum atomic E-state index is 13.0. The number of carbonyl (C=O) groups is 2. The van der Waals surface area contributed by atoms with Gasteiger partial charge in [-0.3, -0.25) is 4.90 Å².